The van der Waals surface area contributed by atoms with Crippen molar-refractivity contribution in [1.82, 2.24) is 29.4 Å². The number of urea groups is 1. The Hall–Kier alpha value is -2.55. The molecule has 2 aromatic rings. The molecule has 154 valence electrons. The van der Waals surface area contributed by atoms with Gasteiger partial charge in [-0.3, -0.25) is 9.69 Å². The minimum Gasteiger partial charge on any atom is -0.381 e. The van der Waals surface area contributed by atoms with E-state index >= 15 is 0 Å². The predicted octanol–water partition coefficient (Wildman–Crippen LogP) is 1.88. The van der Waals surface area contributed by atoms with Gasteiger partial charge in [0, 0.05) is 45.1 Å². The Morgan fingerprint density at radius 2 is 2.07 bits per heavy atom. The van der Waals surface area contributed by atoms with Crippen molar-refractivity contribution >= 4 is 17.7 Å². The van der Waals surface area contributed by atoms with Crippen LogP contribution in [0.15, 0.2) is 18.5 Å². The molecule has 3 amide bonds. The van der Waals surface area contributed by atoms with Crippen LogP contribution in [0.3, 0.4) is 0 Å². The average Bonchev–Trinajstić information content (AvgIpc) is 3.31. The monoisotopic (exact) mass is 398 g/mol. The Morgan fingerprint density at radius 3 is 2.90 bits per heavy atom. The van der Waals surface area contributed by atoms with Crippen LogP contribution in [-0.4, -0.2) is 67.6 Å². The van der Waals surface area contributed by atoms with E-state index in [1.165, 1.54) is 17.7 Å². The molecule has 3 fully saturated rings. The van der Waals surface area contributed by atoms with Crippen LogP contribution >= 0.6 is 0 Å². The van der Waals surface area contributed by atoms with Crippen molar-refractivity contribution in [3.63, 3.8) is 0 Å². The van der Waals surface area contributed by atoms with Crippen LogP contribution in [0.5, 0.6) is 0 Å². The summed E-state index contributed by atoms with van der Waals surface area (Å²) in [4.78, 5) is 37.5. The van der Waals surface area contributed by atoms with Gasteiger partial charge in [0.05, 0.1) is 6.54 Å². The molecule has 1 spiro atoms. The Balaban J connectivity index is 1.31. The lowest BCUT2D eigenvalue weighted by molar-refractivity contribution is -0.132. The number of hydrogen-bond acceptors (Lipinski definition) is 6. The molecule has 0 N–H and O–H groups in total. The lowest BCUT2D eigenvalue weighted by atomic mass is 9.71. The second-order valence-electron chi connectivity index (χ2n) is 8.41. The minimum absolute atomic E-state index is 0.0648. The molecule has 9 heteroatoms. The maximum absolute atomic E-state index is 13.1. The first-order valence-electron chi connectivity index (χ1n) is 10.5. The zero-order valence-electron chi connectivity index (χ0n) is 16.5. The van der Waals surface area contributed by atoms with E-state index < -0.39 is 0 Å². The van der Waals surface area contributed by atoms with E-state index in [2.05, 4.69) is 15.1 Å². The summed E-state index contributed by atoms with van der Waals surface area (Å²) >= 11 is 0. The van der Waals surface area contributed by atoms with Crippen molar-refractivity contribution in [2.75, 3.05) is 26.3 Å². The maximum atomic E-state index is 13.1. The molecule has 29 heavy (non-hydrogen) atoms. The van der Waals surface area contributed by atoms with Crippen LogP contribution < -0.4 is 0 Å². The number of carbonyl (C=O) groups excluding carboxylic acids is 2. The molecule has 3 aliphatic rings. The van der Waals surface area contributed by atoms with Crippen molar-refractivity contribution in [2.24, 2.45) is 11.3 Å². The molecule has 0 radical (unpaired) electrons. The first-order valence-corrected chi connectivity index (χ1v) is 10.5. The van der Waals surface area contributed by atoms with E-state index in [-0.39, 0.29) is 23.9 Å². The van der Waals surface area contributed by atoms with Crippen LogP contribution in [0.25, 0.3) is 5.78 Å². The van der Waals surface area contributed by atoms with Crippen LogP contribution in [-0.2, 0) is 16.1 Å². The number of ether oxygens (including phenoxy) is 1. The highest BCUT2D eigenvalue weighted by molar-refractivity contribution is 5.96. The fourth-order valence-electron chi connectivity index (χ4n) is 5.23. The number of imide groups is 1. The largest absolute Gasteiger partial charge is 0.381 e. The van der Waals surface area contributed by atoms with Crippen molar-refractivity contribution < 1.29 is 14.3 Å². The smallest absolute Gasteiger partial charge is 0.327 e. The molecule has 1 atom stereocenters. The molecule has 9 nitrogen and oxygen atoms in total. The summed E-state index contributed by atoms with van der Waals surface area (Å²) in [5.41, 5.74) is 0.232. The average molecular weight is 398 g/mol. The van der Waals surface area contributed by atoms with E-state index in [9.17, 15) is 9.59 Å². The number of fused-ring (bicyclic) bond motifs is 1. The van der Waals surface area contributed by atoms with E-state index in [0.717, 1.165) is 32.5 Å². The van der Waals surface area contributed by atoms with Gasteiger partial charge in [0.2, 0.25) is 5.91 Å². The van der Waals surface area contributed by atoms with Crippen LogP contribution in [0.4, 0.5) is 4.79 Å². The summed E-state index contributed by atoms with van der Waals surface area (Å²) in [6.07, 6.45) is 9.29. The third-order valence-corrected chi connectivity index (χ3v) is 6.88. The Labute approximate surface area is 169 Å². The molecule has 2 aliphatic heterocycles. The summed E-state index contributed by atoms with van der Waals surface area (Å²) in [5, 5.41) is 4.39. The zero-order chi connectivity index (χ0) is 19.8. The normalized spacial score (nSPS) is 24.8. The summed E-state index contributed by atoms with van der Waals surface area (Å²) in [5.74, 6) is 1.35. The number of nitrogens with zero attached hydrogens (tertiary/aromatic N) is 6. The second-order valence-corrected chi connectivity index (χ2v) is 8.41. The summed E-state index contributed by atoms with van der Waals surface area (Å²) < 4.78 is 7.17. The third-order valence-electron chi connectivity index (χ3n) is 6.88. The molecule has 2 saturated heterocycles. The van der Waals surface area contributed by atoms with Gasteiger partial charge in [-0.2, -0.15) is 4.98 Å². The van der Waals surface area contributed by atoms with E-state index in [1.807, 2.05) is 0 Å². The fourth-order valence-corrected chi connectivity index (χ4v) is 5.23. The molecular formula is C20H26N6O3. The highest BCUT2D eigenvalue weighted by atomic mass is 16.5. The van der Waals surface area contributed by atoms with E-state index in [1.54, 1.807) is 27.9 Å². The molecule has 0 bridgehead atoms. The molecule has 1 saturated carbocycles. The van der Waals surface area contributed by atoms with Crippen LogP contribution in [0.2, 0.25) is 0 Å². The van der Waals surface area contributed by atoms with Gasteiger partial charge in [0.25, 0.3) is 5.78 Å². The van der Waals surface area contributed by atoms with Gasteiger partial charge in [-0.05, 0) is 43.1 Å². The summed E-state index contributed by atoms with van der Waals surface area (Å²) in [7, 11) is 0. The molecule has 1 aliphatic carbocycles. The summed E-state index contributed by atoms with van der Waals surface area (Å²) in [6, 6.07) is 1.56. The number of amides is 3. The van der Waals surface area contributed by atoms with Gasteiger partial charge in [-0.15, -0.1) is 5.10 Å². The number of rotatable bonds is 4. The topological polar surface area (TPSA) is 92.9 Å². The van der Waals surface area contributed by atoms with Crippen molar-refractivity contribution in [2.45, 2.75) is 45.1 Å². The van der Waals surface area contributed by atoms with Gasteiger partial charge >= 0.3 is 6.03 Å². The van der Waals surface area contributed by atoms with Gasteiger partial charge in [-0.25, -0.2) is 14.3 Å². The highest BCUT2D eigenvalue weighted by Crippen LogP contribution is 2.50. The lowest BCUT2D eigenvalue weighted by Gasteiger charge is -2.42. The number of carbonyl (C=O) groups is 2. The van der Waals surface area contributed by atoms with Gasteiger partial charge in [0.1, 0.15) is 0 Å². The molecule has 4 heterocycles. The molecule has 0 aromatic carbocycles. The van der Waals surface area contributed by atoms with E-state index in [4.69, 9.17) is 4.74 Å². The Kier molecular flexibility index (Phi) is 4.69. The van der Waals surface area contributed by atoms with Gasteiger partial charge < -0.3 is 9.64 Å². The van der Waals surface area contributed by atoms with E-state index in [0.29, 0.717) is 37.0 Å². The zero-order valence-corrected chi connectivity index (χ0v) is 16.5. The highest BCUT2D eigenvalue weighted by Gasteiger charge is 2.46. The van der Waals surface area contributed by atoms with Gasteiger partial charge in [0.15, 0.2) is 5.82 Å². The van der Waals surface area contributed by atoms with Crippen LogP contribution in [0, 0.1) is 11.3 Å². The third kappa shape index (κ3) is 3.37. The molecule has 5 rings (SSSR count). The first-order chi connectivity index (χ1) is 14.1. The molecule has 2 aromatic heterocycles. The SMILES string of the molecule is O=C1CCN(Cc2nc3ncccn3n2)C(=O)N1CC1CCCC12CCOCC2. The Morgan fingerprint density at radius 1 is 1.21 bits per heavy atom. The first kappa shape index (κ1) is 18.5. The van der Waals surface area contributed by atoms with Crippen molar-refractivity contribution in [3.05, 3.63) is 24.3 Å². The van der Waals surface area contributed by atoms with Crippen molar-refractivity contribution in [1.29, 1.82) is 0 Å². The second kappa shape index (κ2) is 7.37. The standard InChI is InChI=1S/C20H26N6O3/c27-17-4-10-24(14-16-22-18-21-8-2-9-26(18)23-16)19(28)25(17)13-15-3-1-5-20(15)6-11-29-12-7-20/h2,8-9,15H,1,3-7,10-14H2. The van der Waals surface area contributed by atoms with Crippen LogP contribution in [0.1, 0.15) is 44.3 Å². The number of hydrogen-bond donors (Lipinski definition) is 0. The maximum Gasteiger partial charge on any atom is 0.327 e. The quantitative estimate of drug-likeness (QED) is 0.781. The fraction of sp³-hybridized carbons (Fsp3) is 0.650. The Bertz CT molecular complexity index is 889. The van der Waals surface area contributed by atoms with Gasteiger partial charge in [-0.1, -0.05) is 6.42 Å². The lowest BCUT2D eigenvalue weighted by Crippen LogP contribution is -2.54. The predicted molar refractivity (Wildman–Crippen MR) is 103 cm³/mol. The molecule has 1 unspecified atom stereocenters. The number of aromatic nitrogens is 4. The minimum atomic E-state index is -0.220. The molecular weight excluding hydrogens is 372 g/mol. The van der Waals surface area contributed by atoms with Crippen molar-refractivity contribution in [3.8, 4) is 0 Å². The summed E-state index contributed by atoms with van der Waals surface area (Å²) in [6.45, 7) is 2.79.